The molecule has 0 saturated carbocycles. The Balaban J connectivity index is 1.68. The molecular weight excluding hydrogens is 238 g/mol. The van der Waals surface area contributed by atoms with Crippen molar-refractivity contribution in [2.75, 3.05) is 26.2 Å². The Kier molecular flexibility index (Phi) is 3.56. The van der Waals surface area contributed by atoms with Gasteiger partial charge in [0.05, 0.1) is 6.61 Å². The zero-order valence-electron chi connectivity index (χ0n) is 11.5. The zero-order valence-corrected chi connectivity index (χ0v) is 11.5. The molecule has 102 valence electrons. The number of benzene rings is 1. The maximum Gasteiger partial charge on any atom is 0.166 e. The third-order valence-electron chi connectivity index (χ3n) is 4.15. The topological polar surface area (TPSA) is 29.5 Å². The predicted molar refractivity (Wildman–Crippen MR) is 74.8 cm³/mol. The van der Waals surface area contributed by atoms with Gasteiger partial charge < -0.3 is 9.64 Å². The van der Waals surface area contributed by atoms with Gasteiger partial charge in [0.1, 0.15) is 5.75 Å². The zero-order chi connectivity index (χ0) is 13.2. The van der Waals surface area contributed by atoms with Crippen LogP contribution in [0.4, 0.5) is 0 Å². The van der Waals surface area contributed by atoms with Crippen LogP contribution in [0, 0.1) is 5.92 Å². The molecule has 1 fully saturated rings. The monoisotopic (exact) mass is 259 g/mol. The first-order valence-corrected chi connectivity index (χ1v) is 7.26. The second-order valence-electron chi connectivity index (χ2n) is 5.69. The Morgan fingerprint density at radius 3 is 2.95 bits per heavy atom. The molecule has 0 aromatic heterocycles. The highest BCUT2D eigenvalue weighted by molar-refractivity contribution is 5.98. The minimum absolute atomic E-state index is 0.0819. The molecule has 19 heavy (non-hydrogen) atoms. The normalized spacial score (nSPS) is 20.1. The average Bonchev–Trinajstić information content (AvgIpc) is 3.07. The second kappa shape index (κ2) is 5.33. The number of hydrogen-bond donors (Lipinski definition) is 0. The molecule has 2 heterocycles. The lowest BCUT2D eigenvalue weighted by Gasteiger charge is -2.19. The van der Waals surface area contributed by atoms with E-state index in [1.807, 2.05) is 25.1 Å². The van der Waals surface area contributed by atoms with E-state index < -0.39 is 0 Å². The van der Waals surface area contributed by atoms with Crippen molar-refractivity contribution < 1.29 is 9.53 Å². The van der Waals surface area contributed by atoms with Gasteiger partial charge in [0.25, 0.3) is 0 Å². The van der Waals surface area contributed by atoms with Gasteiger partial charge in [-0.15, -0.1) is 0 Å². The molecule has 0 radical (unpaired) electrons. The van der Waals surface area contributed by atoms with Crippen molar-refractivity contribution in [2.24, 2.45) is 5.92 Å². The quantitative estimate of drug-likeness (QED) is 0.778. The number of nitrogens with zero attached hydrogens (tertiary/aromatic N) is 1. The van der Waals surface area contributed by atoms with Gasteiger partial charge in [0.15, 0.2) is 5.78 Å². The lowest BCUT2D eigenvalue weighted by molar-refractivity contribution is 0.0903. The van der Waals surface area contributed by atoms with E-state index in [1.165, 1.54) is 18.4 Å². The number of likely N-dealkylation sites (tertiary alicyclic amines) is 1. The highest BCUT2D eigenvalue weighted by Gasteiger charge is 2.22. The van der Waals surface area contributed by atoms with Crippen LogP contribution in [0.1, 0.15) is 35.7 Å². The summed E-state index contributed by atoms with van der Waals surface area (Å²) in [6, 6.07) is 5.87. The van der Waals surface area contributed by atoms with E-state index in [1.54, 1.807) is 0 Å². The van der Waals surface area contributed by atoms with Crippen LogP contribution in [0.15, 0.2) is 18.2 Å². The second-order valence-corrected chi connectivity index (χ2v) is 5.69. The molecule has 1 aromatic carbocycles. The maximum absolute atomic E-state index is 12.5. The van der Waals surface area contributed by atoms with E-state index in [0.717, 1.165) is 44.0 Å². The Morgan fingerprint density at radius 1 is 1.37 bits per heavy atom. The van der Waals surface area contributed by atoms with Gasteiger partial charge in [-0.25, -0.2) is 0 Å². The molecule has 0 N–H and O–H groups in total. The Labute approximate surface area is 114 Å². The summed E-state index contributed by atoms with van der Waals surface area (Å²) in [5, 5.41) is 0. The smallest absolute Gasteiger partial charge is 0.166 e. The number of Topliss-reactive ketones (excluding diaryl/α,β-unsaturated/α-hetero) is 1. The molecule has 2 aliphatic rings. The average molecular weight is 259 g/mol. The summed E-state index contributed by atoms with van der Waals surface area (Å²) in [5.41, 5.74) is 2.02. The fourth-order valence-corrected chi connectivity index (χ4v) is 3.06. The summed E-state index contributed by atoms with van der Waals surface area (Å²) in [6.45, 7) is 5.98. The summed E-state index contributed by atoms with van der Waals surface area (Å²) in [4.78, 5) is 14.9. The summed E-state index contributed by atoms with van der Waals surface area (Å²) in [6.07, 6.45) is 3.48. The molecule has 3 nitrogen and oxygen atoms in total. The number of ketones is 1. The van der Waals surface area contributed by atoms with Gasteiger partial charge in [0.2, 0.25) is 0 Å². The number of ether oxygens (including phenoxy) is 1. The summed E-state index contributed by atoms with van der Waals surface area (Å²) in [5.74, 6) is 1.30. The Morgan fingerprint density at radius 2 is 2.16 bits per heavy atom. The SMILES string of the molecule is CC(CN1CCCC1)C(=O)c1ccc2c(c1)CCO2. The van der Waals surface area contributed by atoms with Gasteiger partial charge in [0, 0.05) is 24.4 Å². The van der Waals surface area contributed by atoms with E-state index in [2.05, 4.69) is 4.90 Å². The largest absolute Gasteiger partial charge is 0.493 e. The summed E-state index contributed by atoms with van der Waals surface area (Å²) in [7, 11) is 0. The van der Waals surface area contributed by atoms with Crippen molar-refractivity contribution in [2.45, 2.75) is 26.2 Å². The molecule has 3 heteroatoms. The first-order chi connectivity index (χ1) is 9.24. The van der Waals surface area contributed by atoms with Crippen molar-refractivity contribution in [1.82, 2.24) is 4.90 Å². The van der Waals surface area contributed by atoms with Crippen LogP contribution in [-0.4, -0.2) is 36.9 Å². The van der Waals surface area contributed by atoms with Gasteiger partial charge in [-0.1, -0.05) is 6.92 Å². The number of rotatable bonds is 4. The molecular formula is C16H21NO2. The van der Waals surface area contributed by atoms with Crippen LogP contribution >= 0.6 is 0 Å². The molecule has 1 unspecified atom stereocenters. The van der Waals surface area contributed by atoms with E-state index in [0.29, 0.717) is 0 Å². The van der Waals surface area contributed by atoms with Crippen molar-refractivity contribution in [1.29, 1.82) is 0 Å². The van der Waals surface area contributed by atoms with Crippen LogP contribution in [0.5, 0.6) is 5.75 Å². The lowest BCUT2D eigenvalue weighted by Crippen LogP contribution is -2.29. The highest BCUT2D eigenvalue weighted by atomic mass is 16.5. The Bertz CT molecular complexity index is 478. The van der Waals surface area contributed by atoms with Crippen molar-refractivity contribution in [3.05, 3.63) is 29.3 Å². The van der Waals surface area contributed by atoms with Crippen LogP contribution in [0.25, 0.3) is 0 Å². The van der Waals surface area contributed by atoms with Crippen LogP contribution < -0.4 is 4.74 Å². The molecule has 1 atom stereocenters. The standard InChI is InChI=1S/C16H21NO2/c1-12(11-17-7-2-3-8-17)16(18)14-4-5-15-13(10-14)6-9-19-15/h4-5,10,12H,2-3,6-9,11H2,1H3. The van der Waals surface area contributed by atoms with E-state index >= 15 is 0 Å². The summed E-state index contributed by atoms with van der Waals surface area (Å²) < 4.78 is 5.48. The number of carbonyl (C=O) groups excluding carboxylic acids is 1. The van der Waals surface area contributed by atoms with Gasteiger partial charge in [-0.2, -0.15) is 0 Å². The summed E-state index contributed by atoms with van der Waals surface area (Å²) >= 11 is 0. The molecule has 0 spiro atoms. The number of fused-ring (bicyclic) bond motifs is 1. The molecule has 3 rings (SSSR count). The third-order valence-corrected chi connectivity index (χ3v) is 4.15. The third kappa shape index (κ3) is 2.66. The number of carbonyl (C=O) groups is 1. The van der Waals surface area contributed by atoms with Crippen molar-refractivity contribution in [3.63, 3.8) is 0 Å². The fourth-order valence-electron chi connectivity index (χ4n) is 3.06. The molecule has 0 bridgehead atoms. The molecule has 0 amide bonds. The van der Waals surface area contributed by atoms with Gasteiger partial charge in [-0.05, 0) is 49.7 Å². The van der Waals surface area contributed by atoms with E-state index in [9.17, 15) is 4.79 Å². The van der Waals surface area contributed by atoms with Crippen LogP contribution in [0.3, 0.4) is 0 Å². The van der Waals surface area contributed by atoms with Crippen molar-refractivity contribution in [3.8, 4) is 5.75 Å². The van der Waals surface area contributed by atoms with E-state index in [-0.39, 0.29) is 11.7 Å². The minimum Gasteiger partial charge on any atom is -0.493 e. The minimum atomic E-state index is 0.0819. The lowest BCUT2D eigenvalue weighted by atomic mass is 9.97. The van der Waals surface area contributed by atoms with Crippen LogP contribution in [0.2, 0.25) is 0 Å². The fraction of sp³-hybridized carbons (Fsp3) is 0.562. The molecule has 1 saturated heterocycles. The highest BCUT2D eigenvalue weighted by Crippen LogP contribution is 2.27. The predicted octanol–water partition coefficient (Wildman–Crippen LogP) is 2.54. The molecule has 0 aliphatic carbocycles. The molecule has 1 aromatic rings. The number of hydrogen-bond acceptors (Lipinski definition) is 3. The molecule has 2 aliphatic heterocycles. The maximum atomic E-state index is 12.5. The van der Waals surface area contributed by atoms with Gasteiger partial charge in [-0.3, -0.25) is 4.79 Å². The van der Waals surface area contributed by atoms with Gasteiger partial charge >= 0.3 is 0 Å². The Hall–Kier alpha value is -1.35. The van der Waals surface area contributed by atoms with E-state index in [4.69, 9.17) is 4.74 Å². The first kappa shape index (κ1) is 12.7. The van der Waals surface area contributed by atoms with Crippen LogP contribution in [-0.2, 0) is 6.42 Å². The first-order valence-electron chi connectivity index (χ1n) is 7.26. The van der Waals surface area contributed by atoms with Crippen molar-refractivity contribution >= 4 is 5.78 Å².